The van der Waals surface area contributed by atoms with Crippen molar-refractivity contribution in [3.63, 3.8) is 0 Å². The minimum absolute atomic E-state index is 0.0854. The Balaban J connectivity index is 3.06. The van der Waals surface area contributed by atoms with E-state index in [1.807, 2.05) is 13.8 Å². The summed E-state index contributed by atoms with van der Waals surface area (Å²) in [6.45, 7) is 3.68. The third kappa shape index (κ3) is 1.92. The lowest BCUT2D eigenvalue weighted by Crippen LogP contribution is -2.00. The highest BCUT2D eigenvalue weighted by molar-refractivity contribution is 5.15. The highest BCUT2D eigenvalue weighted by Gasteiger charge is 2.06. The lowest BCUT2D eigenvalue weighted by Gasteiger charge is -2.05. The number of aromatic nitrogens is 2. The zero-order valence-electron chi connectivity index (χ0n) is 7.15. The van der Waals surface area contributed by atoms with E-state index in [1.54, 1.807) is 0 Å². The topological polar surface area (TPSA) is 66.2 Å². The van der Waals surface area contributed by atoms with Crippen molar-refractivity contribution in [1.82, 2.24) is 9.97 Å². The fourth-order valence-corrected chi connectivity index (χ4v) is 0.842. The number of nitrogens with zero attached hydrogens (tertiary/aromatic N) is 2. The van der Waals surface area contributed by atoms with Gasteiger partial charge in [-0.25, -0.2) is 4.98 Å². The second kappa shape index (κ2) is 3.49. The molecule has 0 amide bonds. The Morgan fingerprint density at radius 2 is 2.08 bits per heavy atom. The zero-order valence-corrected chi connectivity index (χ0v) is 7.15. The maximum atomic E-state index is 9.11. The summed E-state index contributed by atoms with van der Waals surface area (Å²) in [5.41, 5.74) is 0.450. The van der Waals surface area contributed by atoms with E-state index in [2.05, 4.69) is 9.97 Å². The van der Waals surface area contributed by atoms with Crippen molar-refractivity contribution in [3.8, 4) is 5.88 Å². The summed E-state index contributed by atoms with van der Waals surface area (Å²) in [6, 6.07) is 1.35. The van der Waals surface area contributed by atoms with Crippen molar-refractivity contribution in [2.75, 3.05) is 0 Å². The molecule has 0 radical (unpaired) electrons. The Hall–Kier alpha value is -1.16. The van der Waals surface area contributed by atoms with Crippen LogP contribution in [-0.2, 0) is 6.61 Å². The van der Waals surface area contributed by atoms with Crippen molar-refractivity contribution in [2.24, 2.45) is 0 Å². The Kier molecular flexibility index (Phi) is 2.60. The smallest absolute Gasteiger partial charge is 0.214 e. The third-order valence-electron chi connectivity index (χ3n) is 1.46. The molecule has 66 valence electrons. The van der Waals surface area contributed by atoms with Gasteiger partial charge in [0.25, 0.3) is 0 Å². The molecule has 0 aromatic carbocycles. The van der Waals surface area contributed by atoms with Crippen LogP contribution < -0.4 is 0 Å². The third-order valence-corrected chi connectivity index (χ3v) is 1.46. The molecule has 0 atom stereocenters. The second-order valence-electron chi connectivity index (χ2n) is 2.89. The van der Waals surface area contributed by atoms with E-state index < -0.39 is 0 Å². The summed E-state index contributed by atoms with van der Waals surface area (Å²) >= 11 is 0. The van der Waals surface area contributed by atoms with Crippen molar-refractivity contribution < 1.29 is 10.2 Å². The number of hydrogen-bond donors (Lipinski definition) is 2. The van der Waals surface area contributed by atoms with Crippen LogP contribution in [0.5, 0.6) is 5.88 Å². The summed E-state index contributed by atoms with van der Waals surface area (Å²) in [4.78, 5) is 7.85. The molecule has 1 heterocycles. The van der Waals surface area contributed by atoms with Crippen LogP contribution in [0.3, 0.4) is 0 Å². The Labute approximate surface area is 70.9 Å². The van der Waals surface area contributed by atoms with Gasteiger partial charge in [-0.2, -0.15) is 4.98 Å². The SMILES string of the molecule is CC(C)c1nc(O)cc(CO)n1. The number of hydrogen-bond acceptors (Lipinski definition) is 4. The number of aliphatic hydroxyl groups is 1. The summed E-state index contributed by atoms with van der Waals surface area (Å²) in [5.74, 6) is 0.624. The van der Waals surface area contributed by atoms with Gasteiger partial charge >= 0.3 is 0 Å². The molecule has 0 unspecified atom stereocenters. The van der Waals surface area contributed by atoms with Gasteiger partial charge in [0.05, 0.1) is 12.3 Å². The van der Waals surface area contributed by atoms with Gasteiger partial charge in [0.2, 0.25) is 5.88 Å². The Bertz CT molecular complexity index is 274. The van der Waals surface area contributed by atoms with Gasteiger partial charge in [-0.15, -0.1) is 0 Å². The summed E-state index contributed by atoms with van der Waals surface area (Å²) in [6.07, 6.45) is 0. The fourth-order valence-electron chi connectivity index (χ4n) is 0.842. The van der Waals surface area contributed by atoms with Crippen molar-refractivity contribution in [3.05, 3.63) is 17.6 Å². The van der Waals surface area contributed by atoms with Gasteiger partial charge in [0.1, 0.15) is 5.82 Å². The van der Waals surface area contributed by atoms with E-state index in [-0.39, 0.29) is 18.4 Å². The summed E-state index contributed by atoms with van der Waals surface area (Å²) in [5, 5.41) is 17.9. The number of rotatable bonds is 2. The predicted molar refractivity (Wildman–Crippen MR) is 43.7 cm³/mol. The second-order valence-corrected chi connectivity index (χ2v) is 2.89. The van der Waals surface area contributed by atoms with Crippen LogP contribution in [0.25, 0.3) is 0 Å². The first-order valence-electron chi connectivity index (χ1n) is 3.81. The molecule has 2 N–H and O–H groups in total. The van der Waals surface area contributed by atoms with Gasteiger partial charge < -0.3 is 10.2 Å². The molecule has 0 fully saturated rings. The molecular formula is C8H12N2O2. The van der Waals surface area contributed by atoms with Crippen molar-refractivity contribution in [1.29, 1.82) is 0 Å². The Morgan fingerprint density at radius 3 is 2.58 bits per heavy atom. The van der Waals surface area contributed by atoms with Gasteiger partial charge in [-0.3, -0.25) is 0 Å². The first-order valence-corrected chi connectivity index (χ1v) is 3.81. The molecule has 0 saturated carbocycles. The summed E-state index contributed by atoms with van der Waals surface area (Å²) in [7, 11) is 0. The number of aliphatic hydroxyl groups excluding tert-OH is 1. The number of aromatic hydroxyl groups is 1. The Morgan fingerprint density at radius 1 is 1.42 bits per heavy atom. The molecule has 4 heteroatoms. The van der Waals surface area contributed by atoms with E-state index >= 15 is 0 Å². The average molecular weight is 168 g/mol. The van der Waals surface area contributed by atoms with Crippen LogP contribution in [0, 0.1) is 0 Å². The molecule has 0 bridgehead atoms. The van der Waals surface area contributed by atoms with Crippen molar-refractivity contribution >= 4 is 0 Å². The van der Waals surface area contributed by atoms with Crippen LogP contribution >= 0.6 is 0 Å². The van der Waals surface area contributed by atoms with Crippen LogP contribution in [-0.4, -0.2) is 20.2 Å². The average Bonchev–Trinajstić information content (AvgIpc) is 2.03. The molecule has 1 rings (SSSR count). The van der Waals surface area contributed by atoms with E-state index in [0.717, 1.165) is 0 Å². The molecule has 4 nitrogen and oxygen atoms in total. The van der Waals surface area contributed by atoms with Crippen LogP contribution in [0.2, 0.25) is 0 Å². The normalized spacial score (nSPS) is 10.7. The molecule has 12 heavy (non-hydrogen) atoms. The maximum Gasteiger partial charge on any atom is 0.214 e. The van der Waals surface area contributed by atoms with Gasteiger partial charge in [0.15, 0.2) is 0 Å². The highest BCUT2D eigenvalue weighted by Crippen LogP contribution is 2.13. The minimum atomic E-state index is -0.171. The van der Waals surface area contributed by atoms with Gasteiger partial charge in [-0.05, 0) is 0 Å². The van der Waals surface area contributed by atoms with Crippen LogP contribution in [0.4, 0.5) is 0 Å². The highest BCUT2D eigenvalue weighted by atomic mass is 16.3. The molecule has 1 aromatic rings. The first-order chi connectivity index (χ1) is 5.63. The van der Waals surface area contributed by atoms with Crippen LogP contribution in [0.1, 0.15) is 31.3 Å². The molecule has 0 aliphatic carbocycles. The lowest BCUT2D eigenvalue weighted by molar-refractivity contribution is 0.274. The standard InChI is InChI=1S/C8H12N2O2/c1-5(2)8-9-6(4-11)3-7(12)10-8/h3,5,11H,4H2,1-2H3,(H,9,10,12). The van der Waals surface area contributed by atoms with E-state index in [0.29, 0.717) is 11.5 Å². The zero-order chi connectivity index (χ0) is 9.14. The fraction of sp³-hybridized carbons (Fsp3) is 0.500. The summed E-state index contributed by atoms with van der Waals surface area (Å²) < 4.78 is 0. The monoisotopic (exact) mass is 168 g/mol. The van der Waals surface area contributed by atoms with E-state index in [9.17, 15) is 0 Å². The van der Waals surface area contributed by atoms with Crippen molar-refractivity contribution in [2.45, 2.75) is 26.4 Å². The van der Waals surface area contributed by atoms with E-state index in [1.165, 1.54) is 6.07 Å². The van der Waals surface area contributed by atoms with Gasteiger partial charge in [0, 0.05) is 12.0 Å². The molecule has 0 aliphatic heterocycles. The molecule has 0 saturated heterocycles. The van der Waals surface area contributed by atoms with Crippen LogP contribution in [0.15, 0.2) is 6.07 Å². The lowest BCUT2D eigenvalue weighted by atomic mass is 10.2. The van der Waals surface area contributed by atoms with Gasteiger partial charge in [-0.1, -0.05) is 13.8 Å². The predicted octanol–water partition coefficient (Wildman–Crippen LogP) is 0.798. The molecule has 1 aromatic heterocycles. The first kappa shape index (κ1) is 8.93. The molecule has 0 aliphatic rings. The molecular weight excluding hydrogens is 156 g/mol. The quantitative estimate of drug-likeness (QED) is 0.685. The molecule has 0 spiro atoms. The minimum Gasteiger partial charge on any atom is -0.493 e. The van der Waals surface area contributed by atoms with E-state index in [4.69, 9.17) is 10.2 Å². The maximum absolute atomic E-state index is 9.11. The largest absolute Gasteiger partial charge is 0.493 e.